The van der Waals surface area contributed by atoms with Crippen LogP contribution >= 0.6 is 15.9 Å². The number of nitrogens with zero attached hydrogens (tertiary/aromatic N) is 2. The molecule has 0 aromatic carbocycles. The first-order chi connectivity index (χ1) is 7.43. The van der Waals surface area contributed by atoms with Crippen molar-refractivity contribution in [1.29, 1.82) is 0 Å². The third-order valence-electron chi connectivity index (χ3n) is 3.07. The van der Waals surface area contributed by atoms with Gasteiger partial charge in [-0.3, -0.25) is 4.68 Å². The van der Waals surface area contributed by atoms with Gasteiger partial charge in [-0.1, -0.05) is 6.92 Å². The molecule has 0 saturated carbocycles. The lowest BCUT2D eigenvalue weighted by molar-refractivity contribution is 0.168. The summed E-state index contributed by atoms with van der Waals surface area (Å²) in [7, 11) is 1.93. The van der Waals surface area contributed by atoms with Gasteiger partial charge in [-0.25, -0.2) is 0 Å². The Morgan fingerprint density at radius 3 is 2.56 bits per heavy atom. The summed E-state index contributed by atoms with van der Waals surface area (Å²) in [5, 5.41) is 17.0. The molecule has 1 atom stereocenters. The number of hydrogen-bond donors (Lipinski definition) is 2. The van der Waals surface area contributed by atoms with Gasteiger partial charge in [0.25, 0.3) is 0 Å². The van der Waals surface area contributed by atoms with Gasteiger partial charge in [0.05, 0.1) is 22.5 Å². The van der Waals surface area contributed by atoms with E-state index >= 15 is 0 Å². The number of aromatic nitrogens is 2. The first-order valence-electron chi connectivity index (χ1n) is 5.47. The van der Waals surface area contributed by atoms with Crippen LogP contribution in [-0.4, -0.2) is 27.0 Å². The monoisotopic (exact) mass is 289 g/mol. The van der Waals surface area contributed by atoms with Crippen molar-refractivity contribution in [1.82, 2.24) is 15.1 Å². The molecule has 0 saturated heterocycles. The second-order valence-electron chi connectivity index (χ2n) is 4.40. The van der Waals surface area contributed by atoms with E-state index in [1.54, 1.807) is 0 Å². The average Bonchev–Trinajstić information content (AvgIpc) is 2.51. The van der Waals surface area contributed by atoms with Crippen molar-refractivity contribution < 1.29 is 5.11 Å². The molecular formula is C11H20BrN3O. The predicted molar refractivity (Wildman–Crippen MR) is 68.3 cm³/mol. The van der Waals surface area contributed by atoms with Gasteiger partial charge in [-0.05, 0) is 36.2 Å². The van der Waals surface area contributed by atoms with Crippen molar-refractivity contribution in [3.05, 3.63) is 15.9 Å². The topological polar surface area (TPSA) is 50.1 Å². The van der Waals surface area contributed by atoms with Crippen LogP contribution in [0.4, 0.5) is 0 Å². The summed E-state index contributed by atoms with van der Waals surface area (Å²) >= 11 is 3.53. The highest BCUT2D eigenvalue weighted by molar-refractivity contribution is 9.10. The number of aliphatic hydroxyl groups is 1. The Hall–Kier alpha value is -0.390. The molecule has 0 aliphatic rings. The lowest BCUT2D eigenvalue weighted by Gasteiger charge is -2.27. The fraction of sp³-hybridized carbons (Fsp3) is 0.727. The van der Waals surface area contributed by atoms with Gasteiger partial charge in [0.1, 0.15) is 0 Å². The second-order valence-corrected chi connectivity index (χ2v) is 5.19. The minimum absolute atomic E-state index is 0.137. The molecule has 0 amide bonds. The van der Waals surface area contributed by atoms with Crippen LogP contribution in [0.15, 0.2) is 4.47 Å². The molecule has 0 aliphatic heterocycles. The van der Waals surface area contributed by atoms with Crippen molar-refractivity contribution >= 4 is 15.9 Å². The van der Waals surface area contributed by atoms with Crippen LogP contribution in [0.3, 0.4) is 0 Å². The van der Waals surface area contributed by atoms with Crippen LogP contribution in [0.1, 0.15) is 31.7 Å². The minimum atomic E-state index is -0.225. The highest BCUT2D eigenvalue weighted by Gasteiger charge is 2.21. The Morgan fingerprint density at radius 2 is 2.19 bits per heavy atom. The fourth-order valence-electron chi connectivity index (χ4n) is 1.46. The van der Waals surface area contributed by atoms with Crippen molar-refractivity contribution in [2.45, 2.75) is 39.3 Å². The third-order valence-corrected chi connectivity index (χ3v) is 4.11. The zero-order valence-corrected chi connectivity index (χ0v) is 11.9. The minimum Gasteiger partial charge on any atom is -0.394 e. The zero-order chi connectivity index (χ0) is 12.3. The molecule has 0 bridgehead atoms. The second kappa shape index (κ2) is 5.29. The van der Waals surface area contributed by atoms with Crippen LogP contribution in [0, 0.1) is 6.92 Å². The van der Waals surface area contributed by atoms with Crippen LogP contribution in [0.5, 0.6) is 0 Å². The predicted octanol–water partition coefficient (Wildman–Crippen LogP) is 1.74. The maximum Gasteiger partial charge on any atom is 0.0739 e. The van der Waals surface area contributed by atoms with Crippen LogP contribution in [-0.2, 0) is 13.6 Å². The maximum absolute atomic E-state index is 9.31. The van der Waals surface area contributed by atoms with Gasteiger partial charge >= 0.3 is 0 Å². The van der Waals surface area contributed by atoms with E-state index in [2.05, 4.69) is 33.3 Å². The SMILES string of the molecule is CCC(C)(CO)NCc1c(Br)c(C)nn1C. The molecule has 92 valence electrons. The molecule has 5 heteroatoms. The van der Waals surface area contributed by atoms with E-state index in [4.69, 9.17) is 0 Å². The van der Waals surface area contributed by atoms with Gasteiger partial charge < -0.3 is 10.4 Å². The summed E-state index contributed by atoms with van der Waals surface area (Å²) in [6, 6.07) is 0. The molecule has 16 heavy (non-hydrogen) atoms. The quantitative estimate of drug-likeness (QED) is 0.868. The number of nitrogens with one attached hydrogen (secondary N) is 1. The van der Waals surface area contributed by atoms with Crippen molar-refractivity contribution in [3.8, 4) is 0 Å². The van der Waals surface area contributed by atoms with E-state index in [9.17, 15) is 5.11 Å². The van der Waals surface area contributed by atoms with E-state index in [0.717, 1.165) is 22.3 Å². The molecule has 1 unspecified atom stereocenters. The smallest absolute Gasteiger partial charge is 0.0739 e. The first-order valence-corrected chi connectivity index (χ1v) is 6.26. The van der Waals surface area contributed by atoms with E-state index in [0.29, 0.717) is 6.54 Å². The largest absolute Gasteiger partial charge is 0.394 e. The molecule has 1 aromatic rings. The highest BCUT2D eigenvalue weighted by Crippen LogP contribution is 2.21. The molecule has 0 radical (unpaired) electrons. The van der Waals surface area contributed by atoms with Crippen molar-refractivity contribution in [2.24, 2.45) is 7.05 Å². The summed E-state index contributed by atoms with van der Waals surface area (Å²) in [4.78, 5) is 0. The number of aryl methyl sites for hydroxylation is 2. The molecule has 1 aromatic heterocycles. The van der Waals surface area contributed by atoms with Crippen LogP contribution in [0.25, 0.3) is 0 Å². The van der Waals surface area contributed by atoms with Gasteiger partial charge in [-0.15, -0.1) is 0 Å². The third kappa shape index (κ3) is 2.84. The Kier molecular flexibility index (Phi) is 4.52. The maximum atomic E-state index is 9.31. The van der Waals surface area contributed by atoms with Gasteiger partial charge in [0, 0.05) is 19.1 Å². The molecule has 4 nitrogen and oxygen atoms in total. The Labute approximate surface area is 105 Å². The van der Waals surface area contributed by atoms with E-state index in [1.165, 1.54) is 0 Å². The zero-order valence-electron chi connectivity index (χ0n) is 10.3. The summed E-state index contributed by atoms with van der Waals surface area (Å²) < 4.78 is 2.90. The first kappa shape index (κ1) is 13.7. The van der Waals surface area contributed by atoms with Crippen LogP contribution in [0.2, 0.25) is 0 Å². The average molecular weight is 290 g/mol. The molecule has 1 rings (SSSR count). The summed E-state index contributed by atoms with van der Waals surface area (Å²) in [5.74, 6) is 0. The van der Waals surface area contributed by atoms with E-state index < -0.39 is 0 Å². The number of rotatable bonds is 5. The van der Waals surface area contributed by atoms with Gasteiger partial charge in [0.2, 0.25) is 0 Å². The number of halogens is 1. The standard InChI is InChI=1S/C11H20BrN3O/c1-5-11(3,7-16)13-6-9-10(12)8(2)14-15(9)4/h13,16H,5-7H2,1-4H3. The summed E-state index contributed by atoms with van der Waals surface area (Å²) in [5.41, 5.74) is 1.87. The Morgan fingerprint density at radius 1 is 1.56 bits per heavy atom. The highest BCUT2D eigenvalue weighted by atomic mass is 79.9. The van der Waals surface area contributed by atoms with Crippen molar-refractivity contribution in [3.63, 3.8) is 0 Å². The summed E-state index contributed by atoms with van der Waals surface area (Å²) in [6.07, 6.45) is 0.887. The van der Waals surface area contributed by atoms with Gasteiger partial charge in [0.15, 0.2) is 0 Å². The lowest BCUT2D eigenvalue weighted by atomic mass is 10.0. The fourth-order valence-corrected chi connectivity index (χ4v) is 1.94. The lowest BCUT2D eigenvalue weighted by Crippen LogP contribution is -2.44. The molecule has 0 spiro atoms. The van der Waals surface area contributed by atoms with Crippen molar-refractivity contribution in [2.75, 3.05) is 6.61 Å². The molecule has 0 fully saturated rings. The van der Waals surface area contributed by atoms with Crippen LogP contribution < -0.4 is 5.32 Å². The van der Waals surface area contributed by atoms with Gasteiger partial charge in [-0.2, -0.15) is 5.10 Å². The Bertz CT molecular complexity index is 358. The van der Waals surface area contributed by atoms with E-state index in [1.807, 2.05) is 25.6 Å². The number of hydrogen-bond acceptors (Lipinski definition) is 3. The molecular weight excluding hydrogens is 270 g/mol. The normalized spacial score (nSPS) is 15.1. The van der Waals surface area contributed by atoms with E-state index in [-0.39, 0.29) is 12.1 Å². The summed E-state index contributed by atoms with van der Waals surface area (Å²) in [6.45, 7) is 6.89. The molecule has 2 N–H and O–H groups in total. The molecule has 0 aliphatic carbocycles. The molecule has 1 heterocycles. The Balaban J connectivity index is 2.74. The number of aliphatic hydroxyl groups excluding tert-OH is 1.